The van der Waals surface area contributed by atoms with E-state index < -0.39 is 17.4 Å². The lowest BCUT2D eigenvalue weighted by molar-refractivity contribution is 0.161. The number of halogens is 1. The summed E-state index contributed by atoms with van der Waals surface area (Å²) in [6.07, 6.45) is -0.129. The molecule has 7 nitrogen and oxygen atoms in total. The number of amides is 2. The number of amidine groups is 1. The number of carbonyl (C=O) groups is 1. The minimum atomic E-state index is -0.660. The summed E-state index contributed by atoms with van der Waals surface area (Å²) in [5, 5.41) is 3.02. The van der Waals surface area contributed by atoms with Crippen LogP contribution in [0.15, 0.2) is 52.4 Å². The Morgan fingerprint density at radius 3 is 2.29 bits per heavy atom. The van der Waals surface area contributed by atoms with Crippen LogP contribution in [0.1, 0.15) is 59.6 Å². The van der Waals surface area contributed by atoms with Crippen molar-refractivity contribution in [2.45, 2.75) is 73.6 Å². The molecule has 35 heavy (non-hydrogen) atoms. The molecule has 0 aliphatic heterocycles. The largest absolute Gasteiger partial charge is 0.488 e. The molecule has 2 aromatic carbocycles. The summed E-state index contributed by atoms with van der Waals surface area (Å²) in [7, 11) is 0. The molecule has 0 aliphatic carbocycles. The number of hydrogen-bond acceptors (Lipinski definition) is 5. The number of urea groups is 1. The molecule has 0 aliphatic rings. The van der Waals surface area contributed by atoms with Gasteiger partial charge in [0.15, 0.2) is 11.6 Å². The molecule has 2 rings (SSSR count). The number of ether oxygens (including phenoxy) is 2. The number of nitrogens with zero attached hydrogens (tertiary/aromatic N) is 3. The van der Waals surface area contributed by atoms with Gasteiger partial charge in [0.25, 0.3) is 6.02 Å². The van der Waals surface area contributed by atoms with E-state index in [-0.39, 0.29) is 31.2 Å². The Morgan fingerprint density at radius 1 is 1.14 bits per heavy atom. The van der Waals surface area contributed by atoms with Gasteiger partial charge in [0, 0.05) is 17.3 Å². The van der Waals surface area contributed by atoms with Gasteiger partial charge in [-0.15, -0.1) is 0 Å². The normalized spacial score (nSPS) is 11.3. The van der Waals surface area contributed by atoms with Crippen LogP contribution >= 0.6 is 0 Å². The van der Waals surface area contributed by atoms with Gasteiger partial charge in [0.2, 0.25) is 0 Å². The minimum Gasteiger partial charge on any atom is -0.488 e. The number of rotatable bonds is 7. The number of carbonyl (C=O) groups excluding carboxylic acids is 1. The first-order valence-electron chi connectivity index (χ1n) is 11.7. The minimum absolute atomic E-state index is 0.0457. The third-order valence-corrected chi connectivity index (χ3v) is 4.47. The van der Waals surface area contributed by atoms with Gasteiger partial charge in [-0.1, -0.05) is 43.7 Å². The maximum absolute atomic E-state index is 14.3. The molecule has 8 heteroatoms. The lowest BCUT2D eigenvalue weighted by atomic mass is 10.1. The van der Waals surface area contributed by atoms with Crippen molar-refractivity contribution >= 4 is 24.5 Å². The Bertz CT molecular complexity index is 983. The molecular weight excluding hydrogens is 447 g/mol. The van der Waals surface area contributed by atoms with E-state index in [1.807, 2.05) is 79.7 Å². The van der Waals surface area contributed by atoms with Crippen molar-refractivity contribution in [1.82, 2.24) is 4.90 Å². The molecule has 2 amide bonds. The molecule has 2 aromatic rings. The van der Waals surface area contributed by atoms with Crippen LogP contribution in [-0.2, 0) is 11.3 Å². The van der Waals surface area contributed by atoms with Crippen molar-refractivity contribution in [3.63, 3.8) is 0 Å². The summed E-state index contributed by atoms with van der Waals surface area (Å²) in [5.41, 5.74) is 1.92. The maximum Gasteiger partial charge on any atom is 0.351 e. The van der Waals surface area contributed by atoms with E-state index in [9.17, 15) is 9.18 Å². The zero-order valence-electron chi connectivity index (χ0n) is 22.2. The van der Waals surface area contributed by atoms with Gasteiger partial charge in [-0.2, -0.15) is 0 Å². The summed E-state index contributed by atoms with van der Waals surface area (Å²) in [6.45, 7) is 18.8. The van der Waals surface area contributed by atoms with Crippen LogP contribution in [0.3, 0.4) is 0 Å². The smallest absolute Gasteiger partial charge is 0.351 e. The Hall–Kier alpha value is -3.42. The summed E-state index contributed by atoms with van der Waals surface area (Å²) in [4.78, 5) is 21.8. The van der Waals surface area contributed by atoms with Gasteiger partial charge < -0.3 is 14.8 Å². The first kappa shape index (κ1) is 29.6. The SMILES string of the molecule is C=NC(=O)N(/C(=N\CNc1ccc(OC(C)C)c(F)c1)OCc1ccc(C)cc1)C(C)(C)C.CC. The molecule has 0 spiro atoms. The van der Waals surface area contributed by atoms with Gasteiger partial charge in [-0.3, -0.25) is 0 Å². The molecule has 0 heterocycles. The fraction of sp³-hybridized carbons (Fsp3) is 0.444. The highest BCUT2D eigenvalue weighted by Gasteiger charge is 2.32. The van der Waals surface area contributed by atoms with E-state index in [1.165, 1.54) is 11.0 Å². The third-order valence-electron chi connectivity index (χ3n) is 4.47. The molecular formula is C27H39FN4O3. The fourth-order valence-electron chi connectivity index (χ4n) is 2.90. The Morgan fingerprint density at radius 2 is 1.77 bits per heavy atom. The standard InChI is InChI=1S/C25H33FN4O3.C2H6/c1-17(2)33-22-13-12-20(14-21(22)26)28-16-29-24(30(23(31)27-7)25(4,5)6)32-15-19-10-8-18(3)9-11-19;1-2/h8-14,17,28H,7,15-16H2,1-6H3;1-2H3/b29-24+;. The molecule has 0 saturated carbocycles. The van der Waals surface area contributed by atoms with Crippen molar-refractivity contribution in [2.24, 2.45) is 9.98 Å². The molecule has 192 valence electrons. The van der Waals surface area contributed by atoms with Crippen LogP contribution in [0.2, 0.25) is 0 Å². The summed E-state index contributed by atoms with van der Waals surface area (Å²) < 4.78 is 25.6. The number of nitrogens with one attached hydrogen (secondary N) is 1. The number of benzene rings is 2. The third kappa shape index (κ3) is 9.76. The van der Waals surface area contributed by atoms with Crippen molar-refractivity contribution in [3.05, 3.63) is 59.4 Å². The summed E-state index contributed by atoms with van der Waals surface area (Å²) >= 11 is 0. The number of aliphatic imine (C=N–C) groups is 2. The molecule has 0 aromatic heterocycles. The Kier molecular flexibility index (Phi) is 11.9. The zero-order chi connectivity index (χ0) is 26.6. The highest BCUT2D eigenvalue weighted by atomic mass is 19.1. The van der Waals surface area contributed by atoms with Crippen LogP contribution in [0, 0.1) is 12.7 Å². The monoisotopic (exact) mass is 486 g/mol. The summed E-state index contributed by atoms with van der Waals surface area (Å²) in [5.74, 6) is -0.293. The average Bonchev–Trinajstić information content (AvgIpc) is 2.80. The molecule has 0 saturated heterocycles. The highest BCUT2D eigenvalue weighted by molar-refractivity contribution is 5.96. The molecule has 0 bridgehead atoms. The number of aryl methyl sites for hydroxylation is 1. The van der Waals surface area contributed by atoms with Crippen LogP contribution in [0.25, 0.3) is 0 Å². The summed E-state index contributed by atoms with van der Waals surface area (Å²) in [6, 6.07) is 12.0. The topological polar surface area (TPSA) is 75.5 Å². The zero-order valence-corrected chi connectivity index (χ0v) is 22.2. The maximum atomic E-state index is 14.3. The van der Waals surface area contributed by atoms with Crippen LogP contribution < -0.4 is 10.1 Å². The molecule has 0 radical (unpaired) electrons. The van der Waals surface area contributed by atoms with E-state index >= 15 is 0 Å². The number of anilines is 1. The lowest BCUT2D eigenvalue weighted by Crippen LogP contribution is -2.49. The Labute approximate surface area is 209 Å². The molecule has 0 atom stereocenters. The first-order chi connectivity index (χ1) is 16.5. The second kappa shape index (κ2) is 14.1. The lowest BCUT2D eigenvalue weighted by Gasteiger charge is -2.33. The first-order valence-corrected chi connectivity index (χ1v) is 11.7. The number of hydrogen-bond donors (Lipinski definition) is 1. The van der Waals surface area contributed by atoms with Gasteiger partial charge in [-0.25, -0.2) is 24.1 Å². The van der Waals surface area contributed by atoms with Crippen molar-refractivity contribution in [2.75, 3.05) is 12.0 Å². The molecule has 0 fully saturated rings. The second-order valence-corrected chi connectivity index (χ2v) is 8.81. The van der Waals surface area contributed by atoms with Gasteiger partial charge in [0.1, 0.15) is 13.3 Å². The van der Waals surface area contributed by atoms with E-state index in [1.54, 1.807) is 12.1 Å². The van der Waals surface area contributed by atoms with E-state index in [2.05, 4.69) is 22.0 Å². The van der Waals surface area contributed by atoms with Crippen molar-refractivity contribution in [3.8, 4) is 5.75 Å². The quantitative estimate of drug-likeness (QED) is 0.344. The van der Waals surface area contributed by atoms with Crippen LogP contribution in [-0.4, -0.2) is 42.0 Å². The second-order valence-electron chi connectivity index (χ2n) is 8.81. The van der Waals surface area contributed by atoms with Crippen molar-refractivity contribution < 1.29 is 18.7 Å². The predicted molar refractivity (Wildman–Crippen MR) is 142 cm³/mol. The molecule has 0 unspecified atom stereocenters. The van der Waals surface area contributed by atoms with E-state index in [4.69, 9.17) is 9.47 Å². The van der Waals surface area contributed by atoms with Gasteiger partial charge in [0.05, 0.1) is 6.10 Å². The van der Waals surface area contributed by atoms with Gasteiger partial charge in [-0.05, 0) is 66.0 Å². The van der Waals surface area contributed by atoms with Crippen LogP contribution in [0.4, 0.5) is 14.9 Å². The average molecular weight is 487 g/mol. The van der Waals surface area contributed by atoms with Crippen molar-refractivity contribution in [1.29, 1.82) is 0 Å². The fourth-order valence-corrected chi connectivity index (χ4v) is 2.90. The molecule has 1 N–H and O–H groups in total. The van der Waals surface area contributed by atoms with Crippen LogP contribution in [0.5, 0.6) is 5.75 Å². The Balaban J connectivity index is 0.00000298. The van der Waals surface area contributed by atoms with E-state index in [0.29, 0.717) is 5.69 Å². The van der Waals surface area contributed by atoms with Gasteiger partial charge >= 0.3 is 6.03 Å². The van der Waals surface area contributed by atoms with E-state index in [0.717, 1.165) is 11.1 Å². The predicted octanol–water partition coefficient (Wildman–Crippen LogP) is 6.81. The highest BCUT2D eigenvalue weighted by Crippen LogP contribution is 2.22.